The maximum absolute atomic E-state index is 12.3. The fourth-order valence-corrected chi connectivity index (χ4v) is 4.89. The van der Waals surface area contributed by atoms with Crippen LogP contribution in [0.3, 0.4) is 0 Å². The predicted molar refractivity (Wildman–Crippen MR) is 102 cm³/mol. The molecule has 7 heteroatoms. The van der Waals surface area contributed by atoms with Gasteiger partial charge in [-0.25, -0.2) is 4.79 Å². The lowest BCUT2D eigenvalue weighted by atomic mass is 10.2. The number of carbonyl (C=O) groups is 2. The molecular weight excluding hydrogens is 358 g/mol. The van der Waals surface area contributed by atoms with Crippen molar-refractivity contribution in [1.82, 2.24) is 15.2 Å². The molecule has 0 spiro atoms. The summed E-state index contributed by atoms with van der Waals surface area (Å²) in [5, 5.41) is 3.82. The number of ether oxygens (including phenoxy) is 1. The first-order valence-corrected chi connectivity index (χ1v) is 10.3. The van der Waals surface area contributed by atoms with E-state index >= 15 is 0 Å². The van der Waals surface area contributed by atoms with E-state index in [0.717, 1.165) is 37.7 Å². The molecule has 3 fully saturated rings. The standard InChI is InChI=1S/C21H25N3O4/c25-20(18-9-13-5-7-22-10-19(13)28-18)23-8-6-15-16-11-24(12-17(15)16)21(26)27-14-3-1-2-4-14/h5,7,9-10,14-17H,1-4,6,8,11-12H2,(H,23,25). The summed E-state index contributed by atoms with van der Waals surface area (Å²) in [6, 6.07) is 3.57. The smallest absolute Gasteiger partial charge is 0.410 e. The molecule has 3 aliphatic rings. The number of furan rings is 1. The van der Waals surface area contributed by atoms with Crippen LogP contribution in [0.2, 0.25) is 0 Å². The maximum Gasteiger partial charge on any atom is 0.410 e. The lowest BCUT2D eigenvalue weighted by Gasteiger charge is -2.22. The molecule has 2 atom stereocenters. The van der Waals surface area contributed by atoms with Crippen LogP contribution in [0.4, 0.5) is 4.79 Å². The first kappa shape index (κ1) is 17.5. The van der Waals surface area contributed by atoms with Crippen molar-refractivity contribution < 1.29 is 18.7 Å². The lowest BCUT2D eigenvalue weighted by molar-refractivity contribution is 0.0673. The van der Waals surface area contributed by atoms with Crippen LogP contribution in [0.15, 0.2) is 28.9 Å². The Kier molecular flexibility index (Phi) is 4.45. The van der Waals surface area contributed by atoms with Crippen molar-refractivity contribution in [3.8, 4) is 0 Å². The first-order chi connectivity index (χ1) is 13.7. The quantitative estimate of drug-likeness (QED) is 0.857. The molecule has 148 valence electrons. The van der Waals surface area contributed by atoms with Gasteiger partial charge in [0.2, 0.25) is 0 Å². The SMILES string of the molecule is O=C(NCCC1C2CN(C(=O)OC3CCCC3)CC12)c1cc2ccncc2o1. The number of pyridine rings is 1. The average molecular weight is 383 g/mol. The molecule has 2 aromatic heterocycles. The van der Waals surface area contributed by atoms with Crippen molar-refractivity contribution in [2.75, 3.05) is 19.6 Å². The number of likely N-dealkylation sites (tertiary alicyclic amines) is 1. The Bertz CT molecular complexity index is 844. The van der Waals surface area contributed by atoms with E-state index in [1.165, 1.54) is 12.8 Å². The fourth-order valence-electron chi connectivity index (χ4n) is 4.89. The summed E-state index contributed by atoms with van der Waals surface area (Å²) < 4.78 is 11.1. The highest BCUT2D eigenvalue weighted by molar-refractivity contribution is 5.95. The number of hydrogen-bond donors (Lipinski definition) is 1. The number of nitrogens with zero attached hydrogens (tertiary/aromatic N) is 2. The summed E-state index contributed by atoms with van der Waals surface area (Å²) in [7, 11) is 0. The third kappa shape index (κ3) is 3.34. The van der Waals surface area contributed by atoms with Gasteiger partial charge in [0.1, 0.15) is 6.10 Å². The van der Waals surface area contributed by atoms with Gasteiger partial charge in [-0.1, -0.05) is 0 Å². The van der Waals surface area contributed by atoms with E-state index in [1.807, 2.05) is 11.0 Å². The van der Waals surface area contributed by atoms with E-state index in [-0.39, 0.29) is 18.1 Å². The van der Waals surface area contributed by atoms with Gasteiger partial charge >= 0.3 is 6.09 Å². The van der Waals surface area contributed by atoms with E-state index in [1.54, 1.807) is 18.5 Å². The molecule has 3 heterocycles. The zero-order valence-electron chi connectivity index (χ0n) is 15.8. The average Bonchev–Trinajstić information content (AvgIpc) is 3.22. The fraction of sp³-hybridized carbons (Fsp3) is 0.571. The Balaban J connectivity index is 1.05. The van der Waals surface area contributed by atoms with Crippen molar-refractivity contribution in [2.24, 2.45) is 17.8 Å². The minimum absolute atomic E-state index is 0.129. The second kappa shape index (κ2) is 7.11. The molecule has 0 bridgehead atoms. The Hall–Kier alpha value is -2.57. The number of piperidine rings is 1. The van der Waals surface area contributed by atoms with Crippen LogP contribution in [0, 0.1) is 17.8 Å². The van der Waals surface area contributed by atoms with Crippen molar-refractivity contribution in [3.05, 3.63) is 30.3 Å². The summed E-state index contributed by atoms with van der Waals surface area (Å²) in [5.74, 6) is 1.84. The van der Waals surface area contributed by atoms with Crippen molar-refractivity contribution >= 4 is 23.0 Å². The predicted octanol–water partition coefficient (Wildman–Crippen LogP) is 3.20. The highest BCUT2D eigenvalue weighted by Gasteiger charge is 2.56. The second-order valence-corrected chi connectivity index (χ2v) is 8.26. The Labute approximate surface area is 163 Å². The third-order valence-electron chi connectivity index (χ3n) is 6.51. The van der Waals surface area contributed by atoms with Gasteiger partial charge in [-0.2, -0.15) is 0 Å². The normalized spacial score (nSPS) is 26.4. The van der Waals surface area contributed by atoms with Crippen LogP contribution < -0.4 is 5.32 Å². The van der Waals surface area contributed by atoms with Crippen molar-refractivity contribution in [2.45, 2.75) is 38.2 Å². The molecule has 7 nitrogen and oxygen atoms in total. The van der Waals surface area contributed by atoms with Crippen LogP contribution in [0.1, 0.15) is 42.7 Å². The molecule has 0 radical (unpaired) electrons. The molecule has 2 saturated carbocycles. The van der Waals surface area contributed by atoms with Crippen LogP contribution >= 0.6 is 0 Å². The maximum atomic E-state index is 12.3. The zero-order chi connectivity index (χ0) is 19.1. The molecule has 28 heavy (non-hydrogen) atoms. The summed E-state index contributed by atoms with van der Waals surface area (Å²) >= 11 is 0. The van der Waals surface area contributed by atoms with E-state index in [9.17, 15) is 9.59 Å². The topological polar surface area (TPSA) is 84.7 Å². The van der Waals surface area contributed by atoms with Crippen LogP contribution in [0.25, 0.3) is 11.0 Å². The molecule has 2 aliphatic carbocycles. The number of carbonyl (C=O) groups excluding carboxylic acids is 2. The van der Waals surface area contributed by atoms with E-state index < -0.39 is 0 Å². The summed E-state index contributed by atoms with van der Waals surface area (Å²) in [6.07, 6.45) is 8.58. The van der Waals surface area contributed by atoms with Gasteiger partial charge in [-0.3, -0.25) is 9.78 Å². The van der Waals surface area contributed by atoms with Crippen molar-refractivity contribution in [3.63, 3.8) is 0 Å². The molecule has 1 aliphatic heterocycles. The molecule has 0 aromatic carbocycles. The van der Waals surface area contributed by atoms with E-state index in [4.69, 9.17) is 9.15 Å². The number of nitrogens with one attached hydrogen (secondary N) is 1. The first-order valence-electron chi connectivity index (χ1n) is 10.3. The zero-order valence-corrected chi connectivity index (χ0v) is 15.8. The van der Waals surface area contributed by atoms with Gasteiger partial charge in [-0.05, 0) is 62.0 Å². The van der Waals surface area contributed by atoms with Crippen LogP contribution in [0.5, 0.6) is 0 Å². The molecule has 2 unspecified atom stereocenters. The van der Waals surface area contributed by atoms with Crippen LogP contribution in [-0.4, -0.2) is 47.6 Å². The Morgan fingerprint density at radius 3 is 2.79 bits per heavy atom. The summed E-state index contributed by atoms with van der Waals surface area (Å²) in [5.41, 5.74) is 0.619. The minimum atomic E-state index is -0.191. The number of hydrogen-bond acceptors (Lipinski definition) is 5. The van der Waals surface area contributed by atoms with E-state index in [2.05, 4.69) is 10.3 Å². The summed E-state index contributed by atoms with van der Waals surface area (Å²) in [4.78, 5) is 30.4. The molecule has 5 rings (SSSR count). The van der Waals surface area contributed by atoms with Crippen molar-refractivity contribution in [1.29, 1.82) is 0 Å². The lowest BCUT2D eigenvalue weighted by Crippen LogP contribution is -2.34. The van der Waals surface area contributed by atoms with Gasteiger partial charge < -0.3 is 19.4 Å². The van der Waals surface area contributed by atoms with Gasteiger partial charge in [0.25, 0.3) is 5.91 Å². The van der Waals surface area contributed by atoms with Gasteiger partial charge in [-0.15, -0.1) is 0 Å². The van der Waals surface area contributed by atoms with Crippen LogP contribution in [-0.2, 0) is 4.74 Å². The van der Waals surface area contributed by atoms with E-state index in [0.29, 0.717) is 35.6 Å². The summed E-state index contributed by atoms with van der Waals surface area (Å²) in [6.45, 7) is 2.22. The number of aromatic nitrogens is 1. The number of amides is 2. The molecule has 2 amide bonds. The molecule has 1 N–H and O–H groups in total. The highest BCUT2D eigenvalue weighted by atomic mass is 16.6. The number of fused-ring (bicyclic) bond motifs is 2. The van der Waals surface area contributed by atoms with Gasteiger partial charge in [0, 0.05) is 31.2 Å². The third-order valence-corrected chi connectivity index (χ3v) is 6.51. The second-order valence-electron chi connectivity index (χ2n) is 8.26. The Morgan fingerprint density at radius 1 is 1.25 bits per heavy atom. The highest BCUT2D eigenvalue weighted by Crippen LogP contribution is 2.53. The Morgan fingerprint density at radius 2 is 2.04 bits per heavy atom. The molecule has 2 aromatic rings. The minimum Gasteiger partial charge on any atom is -0.449 e. The molecular formula is C21H25N3O4. The number of rotatable bonds is 5. The molecule has 1 saturated heterocycles. The van der Waals surface area contributed by atoms with Gasteiger partial charge in [0.05, 0.1) is 6.20 Å². The monoisotopic (exact) mass is 383 g/mol. The van der Waals surface area contributed by atoms with Gasteiger partial charge in [0.15, 0.2) is 11.3 Å². The largest absolute Gasteiger partial charge is 0.449 e.